The van der Waals surface area contributed by atoms with Crippen LogP contribution in [0.4, 0.5) is 0 Å². The van der Waals surface area contributed by atoms with Gasteiger partial charge in [-0.15, -0.1) is 0 Å². The third kappa shape index (κ3) is 12.2. The number of ether oxygens (including phenoxy) is 4. The number of carbonyl (C=O) groups excluding carboxylic acids is 4. The van der Waals surface area contributed by atoms with Gasteiger partial charge in [0.05, 0.1) is 5.41 Å². The molecule has 0 heterocycles. The molecule has 0 spiro atoms. The van der Waals surface area contributed by atoms with E-state index in [4.69, 9.17) is 24.7 Å². The van der Waals surface area contributed by atoms with Crippen molar-refractivity contribution in [1.29, 1.82) is 0 Å². The van der Waals surface area contributed by atoms with E-state index in [1.165, 1.54) is 6.07 Å². The van der Waals surface area contributed by atoms with Crippen LogP contribution in [0.5, 0.6) is 11.5 Å². The largest absolute Gasteiger partial charge is 0.458 e. The average Bonchev–Trinajstić information content (AvgIpc) is 2.84. The van der Waals surface area contributed by atoms with E-state index < -0.39 is 47.5 Å². The van der Waals surface area contributed by atoms with Crippen molar-refractivity contribution in [1.82, 2.24) is 0 Å². The Morgan fingerprint density at radius 3 is 1.77 bits per heavy atom. The van der Waals surface area contributed by atoms with Crippen molar-refractivity contribution in [2.24, 2.45) is 23.0 Å². The minimum absolute atomic E-state index is 0.0821. The van der Waals surface area contributed by atoms with Gasteiger partial charge >= 0.3 is 23.9 Å². The smallest absolute Gasteiger partial charge is 0.323 e. The number of carbonyl (C=O) groups is 4. The molecule has 9 heteroatoms. The van der Waals surface area contributed by atoms with Crippen molar-refractivity contribution in [3.8, 4) is 11.5 Å². The van der Waals surface area contributed by atoms with Gasteiger partial charge in [0.15, 0.2) is 11.5 Å². The molecule has 220 valence electrons. The molecule has 2 N–H and O–H groups in total. The zero-order valence-electron chi connectivity index (χ0n) is 25.0. The summed E-state index contributed by atoms with van der Waals surface area (Å²) in [5.41, 5.74) is 6.03. The van der Waals surface area contributed by atoms with Gasteiger partial charge in [0.2, 0.25) is 0 Å². The highest BCUT2D eigenvalue weighted by Gasteiger charge is 2.29. The van der Waals surface area contributed by atoms with Gasteiger partial charge in [-0.05, 0) is 70.6 Å². The van der Waals surface area contributed by atoms with Crippen LogP contribution in [0.15, 0.2) is 18.2 Å². The molecule has 39 heavy (non-hydrogen) atoms. The monoisotopic (exact) mass is 549 g/mol. The molecule has 1 aromatic carbocycles. The zero-order valence-corrected chi connectivity index (χ0v) is 25.0. The Kier molecular flexibility index (Phi) is 13.6. The molecule has 0 aliphatic heterocycles. The average molecular weight is 550 g/mol. The van der Waals surface area contributed by atoms with Gasteiger partial charge in [-0.2, -0.15) is 0 Å². The molecule has 1 aromatic rings. The topological polar surface area (TPSA) is 131 Å². The standard InChI is InChI=1S/C30H47NO8/c1-10-18(3)14-26(32)38-24-13-12-22(17-25(24)39-27(33)15-19(4)11-2)16-23(31)28(34)36-20(5)21(6)37-29(35)30(7,8)9/h12-13,17-21,23H,10-11,14-16,31H2,1-9H3/t18?,19?,20-,21-,23-/m0/s1. The molecule has 0 aromatic heterocycles. The first-order valence-corrected chi connectivity index (χ1v) is 13.8. The minimum Gasteiger partial charge on any atom is -0.458 e. The van der Waals surface area contributed by atoms with Crippen molar-refractivity contribution in [2.75, 3.05) is 0 Å². The molecular formula is C30H47NO8. The number of rotatable bonds is 14. The maximum atomic E-state index is 12.7. The van der Waals surface area contributed by atoms with E-state index in [0.717, 1.165) is 12.8 Å². The van der Waals surface area contributed by atoms with Gasteiger partial charge < -0.3 is 24.7 Å². The molecule has 0 fully saturated rings. The van der Waals surface area contributed by atoms with Gasteiger partial charge in [0, 0.05) is 12.8 Å². The van der Waals surface area contributed by atoms with Crippen LogP contribution in [0.1, 0.15) is 93.6 Å². The summed E-state index contributed by atoms with van der Waals surface area (Å²) in [6, 6.07) is 3.71. The first-order chi connectivity index (χ1) is 18.1. The summed E-state index contributed by atoms with van der Waals surface area (Å²) < 4.78 is 21.9. The second-order valence-electron chi connectivity index (χ2n) is 11.5. The maximum absolute atomic E-state index is 12.7. The second-order valence-corrected chi connectivity index (χ2v) is 11.5. The highest BCUT2D eigenvalue weighted by molar-refractivity contribution is 5.78. The summed E-state index contributed by atoms with van der Waals surface area (Å²) in [5.74, 6) is -1.43. The highest BCUT2D eigenvalue weighted by atomic mass is 16.6. The van der Waals surface area contributed by atoms with Crippen LogP contribution in [-0.4, -0.2) is 42.1 Å². The SMILES string of the molecule is CCC(C)CC(=O)Oc1ccc(C[C@H](N)C(=O)O[C@@H](C)[C@H](C)OC(=O)C(C)(C)C)cc1OC(=O)CC(C)CC. The Morgan fingerprint density at radius 2 is 1.28 bits per heavy atom. The summed E-state index contributed by atoms with van der Waals surface area (Å²) in [7, 11) is 0. The van der Waals surface area contributed by atoms with E-state index in [9.17, 15) is 19.2 Å². The molecule has 0 aliphatic carbocycles. The Balaban J connectivity index is 2.98. The van der Waals surface area contributed by atoms with Crippen LogP contribution in [0.2, 0.25) is 0 Å². The zero-order chi connectivity index (χ0) is 29.9. The second kappa shape index (κ2) is 15.6. The third-order valence-electron chi connectivity index (χ3n) is 6.51. The first kappa shape index (κ1) is 34.1. The van der Waals surface area contributed by atoms with E-state index in [2.05, 4.69) is 0 Å². The van der Waals surface area contributed by atoms with E-state index in [1.807, 2.05) is 27.7 Å². The summed E-state index contributed by atoms with van der Waals surface area (Å²) in [6.07, 6.45) is 0.802. The van der Waals surface area contributed by atoms with Crippen LogP contribution >= 0.6 is 0 Å². The molecule has 0 radical (unpaired) electrons. The van der Waals surface area contributed by atoms with Crippen molar-refractivity contribution >= 4 is 23.9 Å². The quantitative estimate of drug-likeness (QED) is 0.247. The molecule has 0 aliphatic rings. The van der Waals surface area contributed by atoms with Gasteiger partial charge in [0.1, 0.15) is 18.2 Å². The Bertz CT molecular complexity index is 984. The van der Waals surface area contributed by atoms with Crippen LogP contribution in [0.3, 0.4) is 0 Å². The summed E-state index contributed by atoms with van der Waals surface area (Å²) in [5, 5.41) is 0. The van der Waals surface area contributed by atoms with Gasteiger partial charge in [0.25, 0.3) is 0 Å². The molecule has 0 saturated heterocycles. The third-order valence-corrected chi connectivity index (χ3v) is 6.51. The lowest BCUT2D eigenvalue weighted by atomic mass is 9.97. The fourth-order valence-electron chi connectivity index (χ4n) is 3.17. The Morgan fingerprint density at radius 1 is 0.795 bits per heavy atom. The van der Waals surface area contributed by atoms with Crippen molar-refractivity contribution in [3.05, 3.63) is 23.8 Å². The summed E-state index contributed by atoms with van der Waals surface area (Å²) in [4.78, 5) is 49.7. The van der Waals surface area contributed by atoms with E-state index in [-0.39, 0.29) is 42.6 Å². The van der Waals surface area contributed by atoms with Crippen LogP contribution in [0, 0.1) is 17.3 Å². The van der Waals surface area contributed by atoms with Crippen LogP contribution < -0.4 is 15.2 Å². The van der Waals surface area contributed by atoms with Crippen LogP contribution in [0.25, 0.3) is 0 Å². The van der Waals surface area contributed by atoms with Crippen molar-refractivity contribution in [2.45, 2.75) is 113 Å². The number of hydrogen-bond donors (Lipinski definition) is 1. The van der Waals surface area contributed by atoms with Gasteiger partial charge in [-0.25, -0.2) is 0 Å². The number of benzene rings is 1. The minimum atomic E-state index is -1.03. The number of hydrogen-bond acceptors (Lipinski definition) is 9. The normalized spacial score (nSPS) is 15.3. The first-order valence-electron chi connectivity index (χ1n) is 13.8. The number of nitrogens with two attached hydrogens (primary N) is 1. The molecule has 2 unspecified atom stereocenters. The Hall–Kier alpha value is -2.94. The molecule has 0 saturated carbocycles. The van der Waals surface area contributed by atoms with E-state index in [1.54, 1.807) is 46.8 Å². The van der Waals surface area contributed by atoms with Crippen molar-refractivity contribution in [3.63, 3.8) is 0 Å². The van der Waals surface area contributed by atoms with Crippen molar-refractivity contribution < 1.29 is 38.1 Å². The predicted octanol–water partition coefficient (Wildman–Crippen LogP) is 5.15. The van der Waals surface area contributed by atoms with E-state index in [0.29, 0.717) is 5.56 Å². The predicted molar refractivity (Wildman–Crippen MR) is 148 cm³/mol. The lowest BCUT2D eigenvalue weighted by Crippen LogP contribution is -2.40. The molecule has 9 nitrogen and oxygen atoms in total. The molecule has 0 amide bonds. The summed E-state index contributed by atoms with van der Waals surface area (Å²) in [6.45, 7) is 16.4. The summed E-state index contributed by atoms with van der Waals surface area (Å²) >= 11 is 0. The number of esters is 4. The molecule has 5 atom stereocenters. The van der Waals surface area contributed by atoms with E-state index >= 15 is 0 Å². The molecule has 0 bridgehead atoms. The fraction of sp³-hybridized carbons (Fsp3) is 0.667. The van der Waals surface area contributed by atoms with Gasteiger partial charge in [-0.1, -0.05) is 46.6 Å². The highest BCUT2D eigenvalue weighted by Crippen LogP contribution is 2.31. The van der Waals surface area contributed by atoms with Crippen LogP contribution in [-0.2, 0) is 35.1 Å². The maximum Gasteiger partial charge on any atom is 0.323 e. The lowest BCUT2D eigenvalue weighted by molar-refractivity contribution is -0.171. The molecule has 1 rings (SSSR count). The van der Waals surface area contributed by atoms with Gasteiger partial charge in [-0.3, -0.25) is 19.2 Å². The fourth-order valence-corrected chi connectivity index (χ4v) is 3.17. The Labute approximate surface area is 233 Å². The lowest BCUT2D eigenvalue weighted by Gasteiger charge is -2.25. The molecular weight excluding hydrogens is 502 g/mol.